The standard InChI is InChI=1S/C21H23NO5S/c1-21(2,3)20(26)22-15-8-6-14(7-9-15)17(24)13-27-19(25)11-10-16(23)18-5-4-12-28-18/h4-9,12H,10-11,13H2,1-3H3,(H,22,26). The minimum Gasteiger partial charge on any atom is -0.457 e. The number of amides is 1. The highest BCUT2D eigenvalue weighted by atomic mass is 32.1. The molecule has 0 bridgehead atoms. The largest absolute Gasteiger partial charge is 0.457 e. The fourth-order valence-electron chi connectivity index (χ4n) is 2.14. The highest BCUT2D eigenvalue weighted by Gasteiger charge is 2.21. The SMILES string of the molecule is CC(C)(C)C(=O)Nc1ccc(C(=O)COC(=O)CCC(=O)c2cccs2)cc1. The van der Waals surface area contributed by atoms with E-state index in [0.29, 0.717) is 16.1 Å². The number of ketones is 2. The third-order valence-electron chi connectivity index (χ3n) is 3.86. The maximum atomic E-state index is 12.1. The van der Waals surface area contributed by atoms with E-state index >= 15 is 0 Å². The summed E-state index contributed by atoms with van der Waals surface area (Å²) < 4.78 is 4.96. The number of hydrogen-bond acceptors (Lipinski definition) is 6. The lowest BCUT2D eigenvalue weighted by Gasteiger charge is -2.17. The second-order valence-corrected chi connectivity index (χ2v) is 8.21. The first-order valence-electron chi connectivity index (χ1n) is 8.84. The highest BCUT2D eigenvalue weighted by molar-refractivity contribution is 7.12. The number of Topliss-reactive ketones (excluding diaryl/α,β-unsaturated/α-hetero) is 2. The van der Waals surface area contributed by atoms with Crippen molar-refractivity contribution in [1.29, 1.82) is 0 Å². The molecule has 0 spiro atoms. The fourth-order valence-corrected chi connectivity index (χ4v) is 2.83. The third-order valence-corrected chi connectivity index (χ3v) is 4.77. The molecule has 1 N–H and O–H groups in total. The first-order valence-corrected chi connectivity index (χ1v) is 9.72. The number of esters is 1. The Labute approximate surface area is 167 Å². The predicted molar refractivity (Wildman–Crippen MR) is 108 cm³/mol. The Morgan fingerprint density at radius 3 is 2.21 bits per heavy atom. The zero-order chi connectivity index (χ0) is 20.7. The Morgan fingerprint density at radius 2 is 1.64 bits per heavy atom. The third kappa shape index (κ3) is 6.42. The number of nitrogens with one attached hydrogen (secondary N) is 1. The van der Waals surface area contributed by atoms with E-state index < -0.39 is 11.4 Å². The number of ether oxygens (including phenoxy) is 1. The van der Waals surface area contributed by atoms with Crippen LogP contribution in [0.1, 0.15) is 53.6 Å². The van der Waals surface area contributed by atoms with Gasteiger partial charge in [-0.1, -0.05) is 26.8 Å². The number of carbonyl (C=O) groups is 4. The van der Waals surface area contributed by atoms with Gasteiger partial charge in [0.05, 0.1) is 11.3 Å². The van der Waals surface area contributed by atoms with Crippen molar-refractivity contribution in [3.8, 4) is 0 Å². The molecule has 0 atom stereocenters. The molecular formula is C21H23NO5S. The predicted octanol–water partition coefficient (Wildman–Crippen LogP) is 4.12. The van der Waals surface area contributed by atoms with Crippen molar-refractivity contribution in [3.63, 3.8) is 0 Å². The molecule has 0 fully saturated rings. The lowest BCUT2D eigenvalue weighted by molar-refractivity contribution is -0.142. The monoisotopic (exact) mass is 401 g/mol. The van der Waals surface area contributed by atoms with Crippen LogP contribution in [-0.2, 0) is 14.3 Å². The van der Waals surface area contributed by atoms with Crippen molar-refractivity contribution in [2.75, 3.05) is 11.9 Å². The van der Waals surface area contributed by atoms with Crippen molar-refractivity contribution < 1.29 is 23.9 Å². The smallest absolute Gasteiger partial charge is 0.306 e. The number of carbonyl (C=O) groups excluding carboxylic acids is 4. The van der Waals surface area contributed by atoms with Crippen LogP contribution in [0.4, 0.5) is 5.69 Å². The lowest BCUT2D eigenvalue weighted by Crippen LogP contribution is -2.27. The van der Waals surface area contributed by atoms with Crippen LogP contribution in [0.25, 0.3) is 0 Å². The maximum absolute atomic E-state index is 12.1. The highest BCUT2D eigenvalue weighted by Crippen LogP contribution is 2.18. The first kappa shape index (κ1) is 21.5. The summed E-state index contributed by atoms with van der Waals surface area (Å²) in [4.78, 5) is 48.3. The number of benzene rings is 1. The number of thiophene rings is 1. The van der Waals surface area contributed by atoms with Crippen LogP contribution in [0.2, 0.25) is 0 Å². The summed E-state index contributed by atoms with van der Waals surface area (Å²) in [7, 11) is 0. The van der Waals surface area contributed by atoms with Gasteiger partial charge in [-0.15, -0.1) is 11.3 Å². The van der Waals surface area contributed by atoms with Gasteiger partial charge in [0.1, 0.15) is 0 Å². The van der Waals surface area contributed by atoms with E-state index in [1.807, 2.05) is 20.8 Å². The van der Waals surface area contributed by atoms with Crippen LogP contribution >= 0.6 is 11.3 Å². The van der Waals surface area contributed by atoms with E-state index in [0.717, 1.165) is 0 Å². The van der Waals surface area contributed by atoms with Crippen molar-refractivity contribution in [1.82, 2.24) is 0 Å². The van der Waals surface area contributed by atoms with Crippen molar-refractivity contribution >= 4 is 40.5 Å². The van der Waals surface area contributed by atoms with Gasteiger partial charge in [0.25, 0.3) is 0 Å². The Bertz CT molecular complexity index is 848. The van der Waals surface area contributed by atoms with Gasteiger partial charge in [0.2, 0.25) is 5.91 Å². The van der Waals surface area contributed by atoms with Crippen LogP contribution in [0.3, 0.4) is 0 Å². The Balaban J connectivity index is 1.78. The molecular weight excluding hydrogens is 378 g/mol. The molecule has 0 unspecified atom stereocenters. The molecule has 1 heterocycles. The molecule has 2 aromatic rings. The van der Waals surface area contributed by atoms with Gasteiger partial charge in [-0.05, 0) is 35.7 Å². The van der Waals surface area contributed by atoms with Gasteiger partial charge in [0, 0.05) is 23.1 Å². The summed E-state index contributed by atoms with van der Waals surface area (Å²) in [6, 6.07) is 9.85. The number of rotatable bonds is 8. The van der Waals surface area contributed by atoms with E-state index in [2.05, 4.69) is 5.32 Å². The van der Waals surface area contributed by atoms with Crippen LogP contribution < -0.4 is 5.32 Å². The zero-order valence-corrected chi connectivity index (χ0v) is 16.9. The molecule has 2 rings (SSSR count). The fraction of sp³-hybridized carbons (Fsp3) is 0.333. The van der Waals surface area contributed by atoms with E-state index in [4.69, 9.17) is 4.74 Å². The van der Waals surface area contributed by atoms with Crippen molar-refractivity contribution in [3.05, 3.63) is 52.2 Å². The molecule has 148 valence electrons. The maximum Gasteiger partial charge on any atom is 0.306 e. The van der Waals surface area contributed by atoms with Gasteiger partial charge in [-0.3, -0.25) is 19.2 Å². The molecule has 0 radical (unpaired) electrons. The number of anilines is 1. The Hall–Kier alpha value is -2.80. The zero-order valence-electron chi connectivity index (χ0n) is 16.1. The van der Waals surface area contributed by atoms with Gasteiger partial charge in [-0.25, -0.2) is 0 Å². The molecule has 0 saturated carbocycles. The Morgan fingerprint density at radius 1 is 0.964 bits per heavy atom. The molecule has 7 heteroatoms. The molecule has 28 heavy (non-hydrogen) atoms. The summed E-state index contributed by atoms with van der Waals surface area (Å²) in [6.07, 6.45) is -0.0164. The summed E-state index contributed by atoms with van der Waals surface area (Å²) in [6.45, 7) is 5.04. The van der Waals surface area contributed by atoms with Crippen molar-refractivity contribution in [2.45, 2.75) is 33.6 Å². The number of hydrogen-bond donors (Lipinski definition) is 1. The van der Waals surface area contributed by atoms with Gasteiger partial charge >= 0.3 is 5.97 Å². The molecule has 0 aliphatic carbocycles. The normalized spacial score (nSPS) is 11.0. The topological polar surface area (TPSA) is 89.5 Å². The summed E-state index contributed by atoms with van der Waals surface area (Å²) >= 11 is 1.32. The second-order valence-electron chi connectivity index (χ2n) is 7.27. The van der Waals surface area contributed by atoms with Crippen LogP contribution in [-0.4, -0.2) is 30.0 Å². The molecule has 0 aliphatic heterocycles. The summed E-state index contributed by atoms with van der Waals surface area (Å²) in [5.41, 5.74) is 0.435. The Kier molecular flexibility index (Phi) is 7.23. The van der Waals surface area contributed by atoms with E-state index in [1.165, 1.54) is 11.3 Å². The van der Waals surface area contributed by atoms with Gasteiger partial charge in [0.15, 0.2) is 18.2 Å². The average molecular weight is 401 g/mol. The quantitative estimate of drug-likeness (QED) is 0.531. The molecule has 1 aromatic heterocycles. The van der Waals surface area contributed by atoms with E-state index in [9.17, 15) is 19.2 Å². The molecule has 0 saturated heterocycles. The lowest BCUT2D eigenvalue weighted by atomic mass is 9.95. The summed E-state index contributed by atoms with van der Waals surface area (Å²) in [5.74, 6) is -1.19. The van der Waals surface area contributed by atoms with Crippen LogP contribution in [0.15, 0.2) is 41.8 Å². The first-order chi connectivity index (χ1) is 13.2. The van der Waals surface area contributed by atoms with E-state index in [-0.39, 0.29) is 36.9 Å². The molecule has 1 aromatic carbocycles. The van der Waals surface area contributed by atoms with Crippen molar-refractivity contribution in [2.24, 2.45) is 5.41 Å². The minimum absolute atomic E-state index is 0.0513. The van der Waals surface area contributed by atoms with E-state index in [1.54, 1.807) is 41.8 Å². The van der Waals surface area contributed by atoms with Gasteiger partial charge in [-0.2, -0.15) is 0 Å². The second kappa shape index (κ2) is 9.41. The van der Waals surface area contributed by atoms with Crippen LogP contribution in [0, 0.1) is 5.41 Å². The minimum atomic E-state index is -0.590. The van der Waals surface area contributed by atoms with Gasteiger partial charge < -0.3 is 10.1 Å². The molecule has 6 nitrogen and oxygen atoms in total. The summed E-state index contributed by atoms with van der Waals surface area (Å²) in [5, 5.41) is 4.57. The molecule has 0 aliphatic rings. The average Bonchev–Trinajstić information content (AvgIpc) is 3.18. The molecule has 1 amide bonds. The van der Waals surface area contributed by atoms with Crippen LogP contribution in [0.5, 0.6) is 0 Å².